The molecule has 1 unspecified atom stereocenters. The molecule has 18 heavy (non-hydrogen) atoms. The number of carbonyl (C=O) groups is 3. The maximum absolute atomic E-state index is 12.0. The van der Waals surface area contributed by atoms with Crippen LogP contribution in [-0.4, -0.2) is 24.6 Å². The first-order chi connectivity index (χ1) is 8.24. The number of methoxy groups -OCH3 is 1. The summed E-state index contributed by atoms with van der Waals surface area (Å²) >= 11 is 0. The Labute approximate surface area is 108 Å². The van der Waals surface area contributed by atoms with Gasteiger partial charge in [0.2, 0.25) is 0 Å². The number of carbonyl (C=O) groups excluding carboxylic acids is 3. The fourth-order valence-electron chi connectivity index (χ4n) is 1.99. The van der Waals surface area contributed by atoms with E-state index in [1.165, 1.54) is 7.11 Å². The van der Waals surface area contributed by atoms with Crippen molar-refractivity contribution in [3.05, 3.63) is 0 Å². The molecule has 0 heterocycles. The molecule has 1 saturated carbocycles. The van der Waals surface area contributed by atoms with Gasteiger partial charge in [0.15, 0.2) is 5.78 Å². The van der Waals surface area contributed by atoms with Crippen LogP contribution in [0, 0.1) is 17.3 Å². The van der Waals surface area contributed by atoms with Crippen molar-refractivity contribution in [2.75, 3.05) is 7.11 Å². The van der Waals surface area contributed by atoms with Crippen molar-refractivity contribution >= 4 is 17.5 Å². The lowest BCUT2D eigenvalue weighted by atomic mass is 9.85. The molecule has 1 aliphatic rings. The fourth-order valence-corrected chi connectivity index (χ4v) is 1.99. The SMILES string of the molecule is COC(=O)C(CC(=O)CC(C)(C)C)C(=O)C1CC1. The van der Waals surface area contributed by atoms with Crippen LogP contribution < -0.4 is 0 Å². The largest absolute Gasteiger partial charge is 0.468 e. The van der Waals surface area contributed by atoms with Gasteiger partial charge in [0.25, 0.3) is 0 Å². The van der Waals surface area contributed by atoms with Crippen molar-refractivity contribution in [1.82, 2.24) is 0 Å². The van der Waals surface area contributed by atoms with E-state index in [0.29, 0.717) is 6.42 Å². The quantitative estimate of drug-likeness (QED) is 0.538. The minimum absolute atomic E-state index is 0.0146. The zero-order valence-electron chi connectivity index (χ0n) is 11.6. The van der Waals surface area contributed by atoms with Crippen LogP contribution in [0.5, 0.6) is 0 Å². The van der Waals surface area contributed by atoms with Crippen LogP contribution in [0.15, 0.2) is 0 Å². The van der Waals surface area contributed by atoms with Gasteiger partial charge in [-0.1, -0.05) is 20.8 Å². The van der Waals surface area contributed by atoms with Gasteiger partial charge in [0.05, 0.1) is 7.11 Å². The highest BCUT2D eigenvalue weighted by Crippen LogP contribution is 2.34. The Bertz CT molecular complexity index is 347. The highest BCUT2D eigenvalue weighted by atomic mass is 16.5. The van der Waals surface area contributed by atoms with E-state index in [4.69, 9.17) is 0 Å². The molecular weight excluding hydrogens is 232 g/mol. The lowest BCUT2D eigenvalue weighted by Crippen LogP contribution is -2.30. The lowest BCUT2D eigenvalue weighted by molar-refractivity contribution is -0.151. The molecule has 4 heteroatoms. The first-order valence-corrected chi connectivity index (χ1v) is 6.38. The van der Waals surface area contributed by atoms with E-state index >= 15 is 0 Å². The average molecular weight is 254 g/mol. The fraction of sp³-hybridized carbons (Fsp3) is 0.786. The molecule has 0 N–H and O–H groups in total. The molecule has 0 aliphatic heterocycles. The summed E-state index contributed by atoms with van der Waals surface area (Å²) in [5.41, 5.74) is -0.125. The molecule has 102 valence electrons. The molecule has 4 nitrogen and oxygen atoms in total. The van der Waals surface area contributed by atoms with Crippen molar-refractivity contribution in [3.8, 4) is 0 Å². The highest BCUT2D eigenvalue weighted by Gasteiger charge is 2.40. The molecule has 0 aromatic carbocycles. The second-order valence-corrected chi connectivity index (χ2v) is 6.23. The summed E-state index contributed by atoms with van der Waals surface area (Å²) in [4.78, 5) is 35.4. The van der Waals surface area contributed by atoms with E-state index < -0.39 is 11.9 Å². The van der Waals surface area contributed by atoms with Gasteiger partial charge >= 0.3 is 5.97 Å². The summed E-state index contributed by atoms with van der Waals surface area (Å²) in [7, 11) is 1.25. The Morgan fingerprint density at radius 3 is 2.17 bits per heavy atom. The van der Waals surface area contributed by atoms with Crippen molar-refractivity contribution in [3.63, 3.8) is 0 Å². The number of ether oxygens (including phenoxy) is 1. The molecule has 0 bridgehead atoms. The van der Waals surface area contributed by atoms with Gasteiger partial charge in [0.1, 0.15) is 11.7 Å². The Balaban J connectivity index is 2.63. The normalized spacial score (nSPS) is 17.1. The van der Waals surface area contributed by atoms with Gasteiger partial charge in [-0.2, -0.15) is 0 Å². The molecule has 1 aliphatic carbocycles. The predicted octanol–water partition coefficient (Wildman–Crippen LogP) is 2.15. The van der Waals surface area contributed by atoms with Crippen LogP contribution in [0.2, 0.25) is 0 Å². The van der Waals surface area contributed by atoms with Gasteiger partial charge in [-0.25, -0.2) is 0 Å². The molecule has 0 saturated heterocycles. The number of ketones is 2. The number of Topliss-reactive ketones (excluding diaryl/α,β-unsaturated/α-hetero) is 2. The summed E-state index contributed by atoms with van der Waals surface area (Å²) in [6.45, 7) is 5.88. The van der Waals surface area contributed by atoms with Gasteiger partial charge in [-0.15, -0.1) is 0 Å². The average Bonchev–Trinajstić information content (AvgIpc) is 3.05. The van der Waals surface area contributed by atoms with E-state index in [1.54, 1.807) is 0 Å². The number of hydrogen-bond acceptors (Lipinski definition) is 4. The molecule has 1 rings (SSSR count). The monoisotopic (exact) mass is 254 g/mol. The smallest absolute Gasteiger partial charge is 0.316 e. The molecule has 1 atom stereocenters. The molecule has 1 fully saturated rings. The second-order valence-electron chi connectivity index (χ2n) is 6.23. The van der Waals surface area contributed by atoms with Crippen molar-refractivity contribution in [2.24, 2.45) is 17.3 Å². The standard InChI is InChI=1S/C14H22O4/c1-14(2,3)8-10(15)7-11(13(17)18-4)12(16)9-5-6-9/h9,11H,5-8H2,1-4H3. The van der Waals surface area contributed by atoms with Crippen LogP contribution >= 0.6 is 0 Å². The maximum atomic E-state index is 12.0. The Morgan fingerprint density at radius 1 is 1.22 bits per heavy atom. The highest BCUT2D eigenvalue weighted by molar-refractivity contribution is 6.04. The number of hydrogen-bond donors (Lipinski definition) is 0. The third kappa shape index (κ3) is 4.59. The van der Waals surface area contributed by atoms with E-state index in [0.717, 1.165) is 12.8 Å². The van der Waals surface area contributed by atoms with Gasteiger partial charge in [0, 0.05) is 18.8 Å². The summed E-state index contributed by atoms with van der Waals surface area (Å²) in [5.74, 6) is -1.67. The van der Waals surface area contributed by atoms with Crippen LogP contribution in [0.25, 0.3) is 0 Å². The predicted molar refractivity (Wildman–Crippen MR) is 66.9 cm³/mol. The Hall–Kier alpha value is -1.19. The summed E-state index contributed by atoms with van der Waals surface area (Å²) in [6.07, 6.45) is 2.03. The zero-order chi connectivity index (χ0) is 13.9. The minimum atomic E-state index is -0.891. The van der Waals surface area contributed by atoms with Crippen LogP contribution in [0.3, 0.4) is 0 Å². The van der Waals surface area contributed by atoms with Gasteiger partial charge in [-0.3, -0.25) is 14.4 Å². The van der Waals surface area contributed by atoms with Crippen LogP contribution in [0.4, 0.5) is 0 Å². The molecule has 0 aromatic heterocycles. The van der Waals surface area contributed by atoms with E-state index in [2.05, 4.69) is 4.74 Å². The summed E-state index contributed by atoms with van der Waals surface area (Å²) < 4.78 is 4.63. The Kier molecular flexibility index (Phi) is 4.65. The molecule has 0 aromatic rings. The molecular formula is C14H22O4. The van der Waals surface area contributed by atoms with Crippen molar-refractivity contribution in [1.29, 1.82) is 0 Å². The number of rotatable bonds is 6. The lowest BCUT2D eigenvalue weighted by Gasteiger charge is -2.18. The topological polar surface area (TPSA) is 60.4 Å². The molecule has 0 amide bonds. The maximum Gasteiger partial charge on any atom is 0.316 e. The minimum Gasteiger partial charge on any atom is -0.468 e. The Morgan fingerprint density at radius 2 is 1.78 bits per heavy atom. The van der Waals surface area contributed by atoms with Crippen molar-refractivity contribution in [2.45, 2.75) is 46.5 Å². The van der Waals surface area contributed by atoms with Crippen molar-refractivity contribution < 1.29 is 19.1 Å². The van der Waals surface area contributed by atoms with E-state index in [9.17, 15) is 14.4 Å². The third-order valence-corrected chi connectivity index (χ3v) is 2.97. The number of esters is 1. The van der Waals surface area contributed by atoms with E-state index in [1.807, 2.05) is 20.8 Å². The summed E-state index contributed by atoms with van der Waals surface area (Å²) in [5, 5.41) is 0. The second kappa shape index (κ2) is 5.63. The van der Waals surface area contributed by atoms with Crippen LogP contribution in [-0.2, 0) is 19.1 Å². The molecule has 0 radical (unpaired) electrons. The zero-order valence-corrected chi connectivity index (χ0v) is 11.6. The van der Waals surface area contributed by atoms with Crippen LogP contribution in [0.1, 0.15) is 46.5 Å². The third-order valence-electron chi connectivity index (χ3n) is 2.97. The first-order valence-electron chi connectivity index (χ1n) is 6.38. The molecule has 0 spiro atoms. The summed E-state index contributed by atoms with van der Waals surface area (Å²) in [6, 6.07) is 0. The van der Waals surface area contributed by atoms with E-state index in [-0.39, 0.29) is 29.3 Å². The van der Waals surface area contributed by atoms with Gasteiger partial charge in [-0.05, 0) is 18.3 Å². The van der Waals surface area contributed by atoms with Gasteiger partial charge < -0.3 is 4.74 Å². The first kappa shape index (κ1) is 14.9.